The van der Waals surface area contributed by atoms with Crippen LogP contribution in [-0.2, 0) is 0 Å². The van der Waals surface area contributed by atoms with Crippen molar-refractivity contribution in [1.82, 2.24) is 0 Å². The number of carbonyl (C=O) groups excluding carboxylic acids is 1. The van der Waals surface area contributed by atoms with E-state index in [9.17, 15) is 4.79 Å². The van der Waals surface area contributed by atoms with Crippen molar-refractivity contribution in [2.24, 2.45) is 0 Å². The maximum atomic E-state index is 12.4. The average Bonchev–Trinajstić information content (AvgIpc) is 2.62. The first kappa shape index (κ1) is 16.1. The van der Waals surface area contributed by atoms with Gasteiger partial charge in [-0.1, -0.05) is 68.4 Å². The molecule has 0 aliphatic heterocycles. The third-order valence-electron chi connectivity index (χ3n) is 4.29. The summed E-state index contributed by atoms with van der Waals surface area (Å²) in [6, 6.07) is 21.5. The molecule has 3 aromatic rings. The molecule has 24 heavy (non-hydrogen) atoms. The number of para-hydroxylation sites is 1. The second kappa shape index (κ2) is 7.18. The summed E-state index contributed by atoms with van der Waals surface area (Å²) in [4.78, 5) is 12.4. The highest BCUT2D eigenvalue weighted by molar-refractivity contribution is 6.00. The van der Waals surface area contributed by atoms with Gasteiger partial charge in [0.05, 0.1) is 5.69 Å². The van der Waals surface area contributed by atoms with Crippen LogP contribution >= 0.6 is 0 Å². The highest BCUT2D eigenvalue weighted by Gasteiger charge is 2.13. The predicted molar refractivity (Wildman–Crippen MR) is 98.7 cm³/mol. The van der Waals surface area contributed by atoms with Gasteiger partial charge in [0.25, 0.3) is 0 Å². The van der Waals surface area contributed by atoms with Crippen LogP contribution in [0.1, 0.15) is 31.7 Å². The first-order valence-corrected chi connectivity index (χ1v) is 8.24. The molecule has 0 fully saturated rings. The molecule has 0 aromatic heterocycles. The van der Waals surface area contributed by atoms with E-state index in [0.29, 0.717) is 11.7 Å². The van der Waals surface area contributed by atoms with E-state index >= 15 is 0 Å². The van der Waals surface area contributed by atoms with Gasteiger partial charge >= 0.3 is 6.09 Å². The van der Waals surface area contributed by atoms with Crippen molar-refractivity contribution in [3.05, 3.63) is 72.3 Å². The van der Waals surface area contributed by atoms with Gasteiger partial charge in [-0.2, -0.15) is 0 Å². The number of ether oxygens (including phenoxy) is 1. The lowest BCUT2D eigenvalue weighted by Crippen LogP contribution is -2.18. The van der Waals surface area contributed by atoms with Crippen molar-refractivity contribution in [2.45, 2.75) is 26.2 Å². The Morgan fingerprint density at radius 1 is 1.00 bits per heavy atom. The number of hydrogen-bond acceptors (Lipinski definition) is 2. The molecule has 0 radical (unpaired) electrons. The largest absolute Gasteiger partial charge is 0.417 e. The molecule has 1 atom stereocenters. The smallest absolute Gasteiger partial charge is 0.410 e. The Morgan fingerprint density at radius 2 is 1.71 bits per heavy atom. The fraction of sp³-hybridized carbons (Fsp3) is 0.190. The fourth-order valence-electron chi connectivity index (χ4n) is 2.77. The Hall–Kier alpha value is -2.81. The normalized spacial score (nSPS) is 11.9. The van der Waals surface area contributed by atoms with Crippen LogP contribution in [0.15, 0.2) is 66.7 Å². The van der Waals surface area contributed by atoms with Gasteiger partial charge in [-0.25, -0.2) is 4.79 Å². The molecule has 0 heterocycles. The number of nitrogens with one attached hydrogen (secondary N) is 1. The lowest BCUT2D eigenvalue weighted by molar-refractivity contribution is 0.214. The van der Waals surface area contributed by atoms with Gasteiger partial charge in [0.1, 0.15) is 5.75 Å². The zero-order valence-corrected chi connectivity index (χ0v) is 14.0. The Labute approximate surface area is 142 Å². The minimum Gasteiger partial charge on any atom is -0.410 e. The molecule has 3 nitrogen and oxygen atoms in total. The maximum Gasteiger partial charge on any atom is 0.417 e. The average molecular weight is 319 g/mol. The lowest BCUT2D eigenvalue weighted by atomic mass is 9.98. The third kappa shape index (κ3) is 3.40. The van der Waals surface area contributed by atoms with Crippen molar-refractivity contribution in [1.29, 1.82) is 0 Å². The second-order valence-electron chi connectivity index (χ2n) is 5.89. The molecule has 0 saturated heterocycles. The summed E-state index contributed by atoms with van der Waals surface area (Å²) in [6.45, 7) is 4.25. The van der Waals surface area contributed by atoms with Crippen LogP contribution in [0.25, 0.3) is 10.8 Å². The molecule has 1 N–H and O–H groups in total. The van der Waals surface area contributed by atoms with Crippen molar-refractivity contribution < 1.29 is 9.53 Å². The molecule has 0 bridgehead atoms. The maximum absolute atomic E-state index is 12.4. The lowest BCUT2D eigenvalue weighted by Gasteiger charge is -2.15. The number of fused-ring (bicyclic) bond motifs is 1. The molecule has 122 valence electrons. The van der Waals surface area contributed by atoms with E-state index in [1.807, 2.05) is 66.7 Å². The summed E-state index contributed by atoms with van der Waals surface area (Å²) in [5.74, 6) is 0.955. The monoisotopic (exact) mass is 319 g/mol. The SMILES string of the molecule is CC[C@H](C)c1ccccc1OC(=O)Nc1cccc2ccccc12. The first-order valence-electron chi connectivity index (χ1n) is 8.24. The van der Waals surface area contributed by atoms with Gasteiger partial charge in [-0.05, 0) is 35.4 Å². The Morgan fingerprint density at radius 3 is 2.54 bits per heavy atom. The number of hydrogen-bond donors (Lipinski definition) is 1. The van der Waals surface area contributed by atoms with Crippen molar-refractivity contribution in [3.8, 4) is 5.75 Å². The van der Waals surface area contributed by atoms with Crippen molar-refractivity contribution >= 4 is 22.6 Å². The van der Waals surface area contributed by atoms with Gasteiger partial charge in [0, 0.05) is 5.39 Å². The van der Waals surface area contributed by atoms with Gasteiger partial charge in [-0.3, -0.25) is 5.32 Å². The third-order valence-corrected chi connectivity index (χ3v) is 4.29. The number of rotatable bonds is 4. The van der Waals surface area contributed by atoms with Crippen LogP contribution in [0.3, 0.4) is 0 Å². The van der Waals surface area contributed by atoms with Crippen LogP contribution in [0.2, 0.25) is 0 Å². The molecule has 1 amide bonds. The molecule has 0 unspecified atom stereocenters. The molecule has 0 saturated carbocycles. The summed E-state index contributed by atoms with van der Waals surface area (Å²) in [5.41, 5.74) is 1.80. The van der Waals surface area contributed by atoms with Gasteiger partial charge in [-0.15, -0.1) is 0 Å². The van der Waals surface area contributed by atoms with Crippen molar-refractivity contribution in [3.63, 3.8) is 0 Å². The zero-order valence-electron chi connectivity index (χ0n) is 14.0. The highest BCUT2D eigenvalue weighted by atomic mass is 16.6. The molecular formula is C21H21NO2. The molecule has 3 rings (SSSR count). The van der Waals surface area contributed by atoms with Crippen LogP contribution in [-0.4, -0.2) is 6.09 Å². The minimum atomic E-state index is -0.470. The molecule has 0 spiro atoms. The van der Waals surface area contributed by atoms with E-state index < -0.39 is 6.09 Å². The zero-order chi connectivity index (χ0) is 16.9. The second-order valence-corrected chi connectivity index (χ2v) is 5.89. The Balaban J connectivity index is 1.81. The molecule has 3 heteroatoms. The van der Waals surface area contributed by atoms with Gasteiger partial charge < -0.3 is 4.74 Å². The van der Waals surface area contributed by atoms with E-state index in [0.717, 1.165) is 28.4 Å². The van der Waals surface area contributed by atoms with E-state index in [4.69, 9.17) is 4.74 Å². The Kier molecular flexibility index (Phi) is 4.80. The van der Waals surface area contributed by atoms with Crippen LogP contribution in [0.4, 0.5) is 10.5 Å². The molecule has 3 aromatic carbocycles. The Bertz CT molecular complexity index is 852. The first-order chi connectivity index (χ1) is 11.7. The van der Waals surface area contributed by atoms with E-state index in [1.165, 1.54) is 0 Å². The molecule has 0 aliphatic carbocycles. The van der Waals surface area contributed by atoms with E-state index in [-0.39, 0.29) is 0 Å². The standard InChI is InChI=1S/C21H21NO2/c1-3-15(2)17-11-6-7-14-20(17)24-21(23)22-19-13-8-10-16-9-4-5-12-18(16)19/h4-15H,3H2,1-2H3,(H,22,23)/t15-/m0/s1. The number of anilines is 1. The summed E-state index contributed by atoms with van der Waals surface area (Å²) in [6.07, 6.45) is 0.521. The number of amides is 1. The fourth-order valence-corrected chi connectivity index (χ4v) is 2.77. The minimum absolute atomic E-state index is 0.339. The predicted octanol–water partition coefficient (Wildman–Crippen LogP) is 5.96. The quantitative estimate of drug-likeness (QED) is 0.644. The number of carbonyl (C=O) groups is 1. The summed E-state index contributed by atoms with van der Waals surface area (Å²) in [5, 5.41) is 4.93. The van der Waals surface area contributed by atoms with Crippen LogP contribution in [0.5, 0.6) is 5.75 Å². The van der Waals surface area contributed by atoms with Crippen LogP contribution < -0.4 is 10.1 Å². The van der Waals surface area contributed by atoms with E-state index in [2.05, 4.69) is 19.2 Å². The summed E-state index contributed by atoms with van der Waals surface area (Å²) < 4.78 is 5.57. The number of benzene rings is 3. The molecular weight excluding hydrogens is 298 g/mol. The van der Waals surface area contributed by atoms with Crippen LogP contribution in [0, 0.1) is 0 Å². The van der Waals surface area contributed by atoms with Crippen molar-refractivity contribution in [2.75, 3.05) is 5.32 Å². The summed E-state index contributed by atoms with van der Waals surface area (Å²) in [7, 11) is 0. The van der Waals surface area contributed by atoms with E-state index in [1.54, 1.807) is 0 Å². The van der Waals surface area contributed by atoms with Gasteiger partial charge in [0.2, 0.25) is 0 Å². The highest BCUT2D eigenvalue weighted by Crippen LogP contribution is 2.29. The summed E-state index contributed by atoms with van der Waals surface area (Å²) >= 11 is 0. The topological polar surface area (TPSA) is 38.3 Å². The molecule has 0 aliphatic rings. The van der Waals surface area contributed by atoms with Gasteiger partial charge in [0.15, 0.2) is 0 Å².